The van der Waals surface area contributed by atoms with E-state index < -0.39 is 10.8 Å². The lowest BCUT2D eigenvalue weighted by Crippen LogP contribution is -2.31. The number of hydrogen-bond acceptors (Lipinski definition) is 6. The number of piperidine rings is 1. The molecule has 3 heterocycles. The van der Waals surface area contributed by atoms with E-state index in [1.165, 1.54) is 12.1 Å². The van der Waals surface area contributed by atoms with Gasteiger partial charge in [-0.2, -0.15) is 5.10 Å². The molecule has 0 spiro atoms. The molecule has 1 aliphatic rings. The summed E-state index contributed by atoms with van der Waals surface area (Å²) in [4.78, 5) is 30.3. The van der Waals surface area contributed by atoms with E-state index in [0.29, 0.717) is 11.3 Å². The Morgan fingerprint density at radius 2 is 1.97 bits per heavy atom. The highest BCUT2D eigenvalue weighted by Gasteiger charge is 2.22. The fourth-order valence-corrected chi connectivity index (χ4v) is 3.80. The Kier molecular flexibility index (Phi) is 4.87. The van der Waals surface area contributed by atoms with Crippen molar-refractivity contribution in [3.8, 4) is 0 Å². The lowest BCUT2D eigenvalue weighted by atomic mass is 10.1. The lowest BCUT2D eigenvalue weighted by Gasteiger charge is -2.30. The maximum Gasteiger partial charge on any atom is 0.270 e. The van der Waals surface area contributed by atoms with Gasteiger partial charge in [-0.25, -0.2) is 4.98 Å². The molecule has 3 aromatic rings. The number of benzene rings is 1. The number of nitro groups is 1. The van der Waals surface area contributed by atoms with Crippen LogP contribution in [-0.4, -0.2) is 38.7 Å². The molecule has 2 aromatic heterocycles. The van der Waals surface area contributed by atoms with Crippen LogP contribution < -0.4 is 10.2 Å². The molecule has 29 heavy (non-hydrogen) atoms. The molecule has 0 atom stereocenters. The van der Waals surface area contributed by atoms with E-state index in [1.807, 2.05) is 20.0 Å². The number of aromatic nitrogens is 3. The largest absolute Gasteiger partial charge is 0.371 e. The van der Waals surface area contributed by atoms with Gasteiger partial charge in [0.1, 0.15) is 0 Å². The third-order valence-electron chi connectivity index (χ3n) is 5.25. The van der Waals surface area contributed by atoms with E-state index in [2.05, 4.69) is 20.3 Å². The van der Waals surface area contributed by atoms with Crippen molar-refractivity contribution >= 4 is 34.0 Å². The molecule has 0 saturated carbocycles. The number of aryl methyl sites for hydroxylation is 2. The van der Waals surface area contributed by atoms with E-state index in [0.717, 1.165) is 54.8 Å². The number of nitrogens with one attached hydrogen (secondary N) is 1. The van der Waals surface area contributed by atoms with Crippen LogP contribution in [0.5, 0.6) is 0 Å². The first-order valence-corrected chi connectivity index (χ1v) is 9.58. The second kappa shape index (κ2) is 7.50. The highest BCUT2D eigenvalue weighted by atomic mass is 16.6. The molecule has 1 amide bonds. The average Bonchev–Trinajstić information content (AvgIpc) is 3.01. The van der Waals surface area contributed by atoms with E-state index in [4.69, 9.17) is 0 Å². The Morgan fingerprint density at radius 1 is 1.21 bits per heavy atom. The van der Waals surface area contributed by atoms with Gasteiger partial charge < -0.3 is 10.2 Å². The fraction of sp³-hybridized carbons (Fsp3) is 0.350. The van der Waals surface area contributed by atoms with Crippen molar-refractivity contribution in [2.75, 3.05) is 23.3 Å². The summed E-state index contributed by atoms with van der Waals surface area (Å²) in [5, 5.41) is 19.3. The zero-order valence-corrected chi connectivity index (χ0v) is 16.4. The summed E-state index contributed by atoms with van der Waals surface area (Å²) in [5.74, 6) is -0.392. The number of hydrogen-bond donors (Lipinski definition) is 1. The Morgan fingerprint density at radius 3 is 2.69 bits per heavy atom. The zero-order valence-electron chi connectivity index (χ0n) is 16.4. The Labute approximate surface area is 167 Å². The first-order valence-electron chi connectivity index (χ1n) is 9.58. The first-order chi connectivity index (χ1) is 13.9. The Hall–Kier alpha value is -3.49. The van der Waals surface area contributed by atoms with Crippen LogP contribution in [-0.2, 0) is 7.05 Å². The molecule has 4 rings (SSSR count). The van der Waals surface area contributed by atoms with E-state index >= 15 is 0 Å². The van der Waals surface area contributed by atoms with E-state index in [9.17, 15) is 14.9 Å². The number of pyridine rings is 1. The van der Waals surface area contributed by atoms with Crippen LogP contribution in [0.25, 0.3) is 11.0 Å². The molecular formula is C20H22N6O3. The number of rotatable bonds is 4. The van der Waals surface area contributed by atoms with Crippen LogP contribution in [0.2, 0.25) is 0 Å². The van der Waals surface area contributed by atoms with Crippen molar-refractivity contribution in [3.63, 3.8) is 0 Å². The molecule has 1 aliphatic heterocycles. The van der Waals surface area contributed by atoms with Gasteiger partial charge in [-0.1, -0.05) is 0 Å². The molecular weight excluding hydrogens is 372 g/mol. The van der Waals surface area contributed by atoms with Gasteiger partial charge in [0.05, 0.1) is 33.8 Å². The van der Waals surface area contributed by atoms with E-state index in [-0.39, 0.29) is 5.69 Å². The summed E-state index contributed by atoms with van der Waals surface area (Å²) < 4.78 is 1.69. The maximum atomic E-state index is 13.1. The normalized spacial score (nSPS) is 14.2. The number of fused-ring (bicyclic) bond motifs is 1. The first kappa shape index (κ1) is 18.9. The Balaban J connectivity index is 1.68. The predicted molar refractivity (Wildman–Crippen MR) is 110 cm³/mol. The second-order valence-electron chi connectivity index (χ2n) is 7.26. The summed E-state index contributed by atoms with van der Waals surface area (Å²) in [6.07, 6.45) is 4.80. The molecule has 1 aromatic carbocycles. The highest BCUT2D eigenvalue weighted by molar-refractivity contribution is 6.09. The van der Waals surface area contributed by atoms with E-state index in [1.54, 1.807) is 16.9 Å². The number of non-ortho nitro benzene ring substituents is 1. The summed E-state index contributed by atoms with van der Waals surface area (Å²) in [7, 11) is 1.81. The third kappa shape index (κ3) is 3.63. The summed E-state index contributed by atoms with van der Waals surface area (Å²) in [5.41, 5.74) is 2.98. The molecule has 150 valence electrons. The fourth-order valence-electron chi connectivity index (χ4n) is 3.80. The number of carbonyl (C=O) groups excluding carboxylic acids is 1. The summed E-state index contributed by atoms with van der Waals surface area (Å²) in [6.45, 7) is 3.55. The molecule has 9 heteroatoms. The van der Waals surface area contributed by atoms with Gasteiger partial charge in [0.15, 0.2) is 5.65 Å². The van der Waals surface area contributed by atoms with Crippen molar-refractivity contribution in [1.82, 2.24) is 14.8 Å². The molecule has 9 nitrogen and oxygen atoms in total. The maximum absolute atomic E-state index is 13.1. The van der Waals surface area contributed by atoms with Crippen LogP contribution in [0.4, 0.5) is 17.1 Å². The SMILES string of the molecule is Cc1nn(C)c2ncc(NC(=O)c3cc([N+](=O)[O-])ccc3N3CCCCC3)cc12. The molecule has 1 saturated heterocycles. The molecule has 0 aliphatic carbocycles. The Bertz CT molecular complexity index is 1100. The van der Waals surface area contributed by atoms with Crippen LogP contribution >= 0.6 is 0 Å². The number of nitro benzene ring substituents is 1. The minimum Gasteiger partial charge on any atom is -0.371 e. The topological polar surface area (TPSA) is 106 Å². The smallest absolute Gasteiger partial charge is 0.270 e. The van der Waals surface area contributed by atoms with Gasteiger partial charge >= 0.3 is 0 Å². The lowest BCUT2D eigenvalue weighted by molar-refractivity contribution is -0.384. The predicted octanol–water partition coefficient (Wildman–Crippen LogP) is 3.43. The van der Waals surface area contributed by atoms with Crippen molar-refractivity contribution in [1.29, 1.82) is 0 Å². The highest BCUT2D eigenvalue weighted by Crippen LogP contribution is 2.29. The van der Waals surface area contributed by atoms with Crippen molar-refractivity contribution in [3.05, 3.63) is 51.8 Å². The van der Waals surface area contributed by atoms with Crippen LogP contribution in [0.15, 0.2) is 30.5 Å². The van der Waals surface area contributed by atoms with Gasteiger partial charge in [0.25, 0.3) is 11.6 Å². The standard InChI is InChI=1S/C20H22N6O3/c1-13-16-10-14(12-21-19(16)24(2)23-13)22-20(27)17-11-15(26(28)29)6-7-18(17)25-8-4-3-5-9-25/h6-7,10-12H,3-5,8-9H2,1-2H3,(H,22,27). The van der Waals surface area contributed by atoms with Gasteiger partial charge in [-0.3, -0.25) is 19.6 Å². The number of nitrogens with zero attached hydrogens (tertiary/aromatic N) is 5. The average molecular weight is 394 g/mol. The van der Waals surface area contributed by atoms with Crippen molar-refractivity contribution in [2.45, 2.75) is 26.2 Å². The number of amides is 1. The van der Waals surface area contributed by atoms with Gasteiger partial charge in [0, 0.05) is 37.7 Å². The number of anilines is 2. The molecule has 1 N–H and O–H groups in total. The molecule has 0 unspecified atom stereocenters. The molecule has 0 bridgehead atoms. The summed E-state index contributed by atoms with van der Waals surface area (Å²) >= 11 is 0. The van der Waals surface area contributed by atoms with Gasteiger partial charge in [-0.05, 0) is 38.3 Å². The van der Waals surface area contributed by atoms with Crippen molar-refractivity contribution < 1.29 is 9.72 Å². The zero-order chi connectivity index (χ0) is 20.5. The van der Waals surface area contributed by atoms with Crippen molar-refractivity contribution in [2.24, 2.45) is 7.05 Å². The molecule has 1 fully saturated rings. The van der Waals surface area contributed by atoms with Crippen LogP contribution in [0, 0.1) is 17.0 Å². The van der Waals surface area contributed by atoms with Crippen LogP contribution in [0.1, 0.15) is 35.3 Å². The molecule has 0 radical (unpaired) electrons. The van der Waals surface area contributed by atoms with Gasteiger partial charge in [0.2, 0.25) is 0 Å². The minimum atomic E-state index is -0.483. The number of carbonyl (C=O) groups is 1. The summed E-state index contributed by atoms with van der Waals surface area (Å²) in [6, 6.07) is 6.29. The van der Waals surface area contributed by atoms with Crippen LogP contribution in [0.3, 0.4) is 0 Å². The monoisotopic (exact) mass is 394 g/mol. The van der Waals surface area contributed by atoms with Gasteiger partial charge in [-0.15, -0.1) is 0 Å². The third-order valence-corrected chi connectivity index (χ3v) is 5.25. The second-order valence-corrected chi connectivity index (χ2v) is 7.26. The minimum absolute atomic E-state index is 0.104. The quantitative estimate of drug-likeness (QED) is 0.537.